The first kappa shape index (κ1) is 18.2. The number of carbonyl (C=O) groups is 3. The molecule has 1 aliphatic carbocycles. The summed E-state index contributed by atoms with van der Waals surface area (Å²) in [7, 11) is 0. The van der Waals surface area contributed by atoms with Crippen LogP contribution < -0.4 is 0 Å². The predicted molar refractivity (Wildman–Crippen MR) is 101 cm³/mol. The molecule has 26 heavy (non-hydrogen) atoms. The highest BCUT2D eigenvalue weighted by Crippen LogP contribution is 2.32. The molecule has 0 N–H and O–H groups in total. The maximum atomic E-state index is 13.1. The standard InChI is InChI=1S/C23H24O3/c24-20-15-9-3-8-14-19(16-21(25)17-10-4-1-5-11-17)22(20)23(26)18-12-6-2-7-13-18/h1-2,4-7,10-13,19,22H,3,8-9,14-16H2/t19-,22+/m0/s1. The summed E-state index contributed by atoms with van der Waals surface area (Å²) in [5.41, 5.74) is 1.21. The number of benzene rings is 2. The van der Waals surface area contributed by atoms with Gasteiger partial charge in [-0.3, -0.25) is 14.4 Å². The number of rotatable bonds is 5. The molecule has 1 aliphatic rings. The Morgan fingerprint density at radius 3 is 2.08 bits per heavy atom. The van der Waals surface area contributed by atoms with Crippen molar-refractivity contribution in [3.8, 4) is 0 Å². The minimum Gasteiger partial charge on any atom is -0.299 e. The van der Waals surface area contributed by atoms with E-state index in [1.165, 1.54) is 0 Å². The van der Waals surface area contributed by atoms with E-state index in [0.717, 1.165) is 25.7 Å². The average molecular weight is 348 g/mol. The summed E-state index contributed by atoms with van der Waals surface area (Å²) in [6.45, 7) is 0. The molecule has 1 saturated carbocycles. The second-order valence-corrected chi connectivity index (χ2v) is 7.03. The predicted octanol–water partition coefficient (Wildman–Crippen LogP) is 4.91. The number of hydrogen-bond donors (Lipinski definition) is 0. The molecule has 0 heterocycles. The highest BCUT2D eigenvalue weighted by atomic mass is 16.2. The molecule has 134 valence electrons. The van der Waals surface area contributed by atoms with Gasteiger partial charge < -0.3 is 0 Å². The lowest BCUT2D eigenvalue weighted by Gasteiger charge is -2.27. The van der Waals surface area contributed by atoms with Gasteiger partial charge in [-0.15, -0.1) is 0 Å². The fraction of sp³-hybridized carbons (Fsp3) is 0.348. The summed E-state index contributed by atoms with van der Waals surface area (Å²) in [6.07, 6.45) is 4.19. The molecule has 0 saturated heterocycles. The topological polar surface area (TPSA) is 51.2 Å². The summed E-state index contributed by atoms with van der Waals surface area (Å²) < 4.78 is 0. The summed E-state index contributed by atoms with van der Waals surface area (Å²) in [4.78, 5) is 38.5. The van der Waals surface area contributed by atoms with E-state index in [4.69, 9.17) is 0 Å². The van der Waals surface area contributed by atoms with Gasteiger partial charge in [-0.2, -0.15) is 0 Å². The van der Waals surface area contributed by atoms with Gasteiger partial charge in [-0.1, -0.05) is 73.5 Å². The van der Waals surface area contributed by atoms with Crippen molar-refractivity contribution in [1.82, 2.24) is 0 Å². The van der Waals surface area contributed by atoms with Crippen molar-refractivity contribution >= 4 is 17.3 Å². The van der Waals surface area contributed by atoms with Crippen LogP contribution in [0.2, 0.25) is 0 Å². The molecule has 2 atom stereocenters. The molecule has 0 radical (unpaired) electrons. The Morgan fingerprint density at radius 2 is 1.42 bits per heavy atom. The molecular formula is C23H24O3. The van der Waals surface area contributed by atoms with Crippen LogP contribution in [-0.2, 0) is 4.79 Å². The van der Waals surface area contributed by atoms with Crippen molar-refractivity contribution in [1.29, 1.82) is 0 Å². The Morgan fingerprint density at radius 1 is 0.808 bits per heavy atom. The van der Waals surface area contributed by atoms with E-state index >= 15 is 0 Å². The quantitative estimate of drug-likeness (QED) is 0.570. The molecule has 3 nitrogen and oxygen atoms in total. The second kappa shape index (κ2) is 8.70. The third kappa shape index (κ3) is 4.34. The van der Waals surface area contributed by atoms with Gasteiger partial charge in [0.05, 0.1) is 5.92 Å². The zero-order valence-electron chi connectivity index (χ0n) is 14.9. The van der Waals surface area contributed by atoms with Gasteiger partial charge in [-0.05, 0) is 18.8 Å². The summed E-state index contributed by atoms with van der Waals surface area (Å²) >= 11 is 0. The van der Waals surface area contributed by atoms with Crippen molar-refractivity contribution in [3.05, 3.63) is 71.8 Å². The van der Waals surface area contributed by atoms with Crippen LogP contribution in [0.4, 0.5) is 0 Å². The van der Waals surface area contributed by atoms with E-state index in [1.807, 2.05) is 36.4 Å². The number of carbonyl (C=O) groups excluding carboxylic acids is 3. The fourth-order valence-electron chi connectivity index (χ4n) is 3.81. The SMILES string of the molecule is O=C(C[C@@H]1CCCCCC(=O)[C@@H]1C(=O)c1ccccc1)c1ccccc1. The minimum atomic E-state index is -0.703. The van der Waals surface area contributed by atoms with E-state index in [-0.39, 0.29) is 29.7 Å². The van der Waals surface area contributed by atoms with Crippen molar-refractivity contribution in [3.63, 3.8) is 0 Å². The molecule has 3 rings (SSSR count). The van der Waals surface area contributed by atoms with Crippen LogP contribution in [0.5, 0.6) is 0 Å². The maximum Gasteiger partial charge on any atom is 0.173 e. The summed E-state index contributed by atoms with van der Waals surface area (Å²) in [5.74, 6) is -1.06. The number of ketones is 3. The van der Waals surface area contributed by atoms with Gasteiger partial charge in [0.15, 0.2) is 11.6 Å². The Hall–Kier alpha value is -2.55. The highest BCUT2D eigenvalue weighted by Gasteiger charge is 2.36. The van der Waals surface area contributed by atoms with Gasteiger partial charge in [0.25, 0.3) is 0 Å². The third-order valence-corrected chi connectivity index (χ3v) is 5.20. The summed E-state index contributed by atoms with van der Waals surface area (Å²) in [5, 5.41) is 0. The molecule has 3 heteroatoms. The van der Waals surface area contributed by atoms with Crippen LogP contribution in [0.1, 0.15) is 59.2 Å². The van der Waals surface area contributed by atoms with E-state index in [2.05, 4.69) is 0 Å². The largest absolute Gasteiger partial charge is 0.299 e. The Bertz CT molecular complexity index is 765. The van der Waals surface area contributed by atoms with E-state index < -0.39 is 5.92 Å². The molecule has 0 unspecified atom stereocenters. The second-order valence-electron chi connectivity index (χ2n) is 7.03. The Labute approximate surface area is 154 Å². The molecule has 0 spiro atoms. The van der Waals surface area contributed by atoms with Crippen LogP contribution >= 0.6 is 0 Å². The number of Topliss-reactive ketones (excluding diaryl/α,β-unsaturated/α-hetero) is 3. The van der Waals surface area contributed by atoms with E-state index in [0.29, 0.717) is 17.5 Å². The minimum absolute atomic E-state index is 0.00911. The van der Waals surface area contributed by atoms with Crippen LogP contribution in [0.15, 0.2) is 60.7 Å². The highest BCUT2D eigenvalue weighted by molar-refractivity contribution is 6.11. The normalized spacial score (nSPS) is 20.8. The smallest absolute Gasteiger partial charge is 0.173 e. The van der Waals surface area contributed by atoms with E-state index in [9.17, 15) is 14.4 Å². The Kier molecular flexibility index (Phi) is 6.11. The maximum absolute atomic E-state index is 13.1. The van der Waals surface area contributed by atoms with Gasteiger partial charge >= 0.3 is 0 Å². The fourth-order valence-corrected chi connectivity index (χ4v) is 3.81. The van der Waals surface area contributed by atoms with Crippen molar-refractivity contribution < 1.29 is 14.4 Å². The first-order valence-electron chi connectivity index (χ1n) is 9.37. The molecule has 2 aromatic carbocycles. The average Bonchev–Trinajstić information content (AvgIpc) is 2.67. The van der Waals surface area contributed by atoms with Crippen molar-refractivity contribution in [2.24, 2.45) is 11.8 Å². The van der Waals surface area contributed by atoms with Gasteiger partial charge in [0, 0.05) is 24.0 Å². The molecule has 0 bridgehead atoms. The van der Waals surface area contributed by atoms with Crippen LogP contribution in [0, 0.1) is 11.8 Å². The first-order valence-corrected chi connectivity index (χ1v) is 9.37. The van der Waals surface area contributed by atoms with Gasteiger partial charge in [-0.25, -0.2) is 0 Å². The van der Waals surface area contributed by atoms with Crippen molar-refractivity contribution in [2.75, 3.05) is 0 Å². The van der Waals surface area contributed by atoms with E-state index in [1.54, 1.807) is 24.3 Å². The molecule has 2 aromatic rings. The first-order chi connectivity index (χ1) is 12.7. The summed E-state index contributed by atoms with van der Waals surface area (Å²) in [6, 6.07) is 18.1. The molecule has 1 fully saturated rings. The zero-order valence-corrected chi connectivity index (χ0v) is 14.9. The van der Waals surface area contributed by atoms with Gasteiger partial charge in [0.2, 0.25) is 0 Å². The van der Waals surface area contributed by atoms with Crippen molar-refractivity contribution in [2.45, 2.75) is 38.5 Å². The third-order valence-electron chi connectivity index (χ3n) is 5.20. The lowest BCUT2D eigenvalue weighted by molar-refractivity contribution is -0.123. The van der Waals surface area contributed by atoms with Crippen LogP contribution in [-0.4, -0.2) is 17.3 Å². The molecule has 0 amide bonds. The lowest BCUT2D eigenvalue weighted by atomic mass is 9.74. The molecule has 0 aromatic heterocycles. The zero-order chi connectivity index (χ0) is 18.4. The monoisotopic (exact) mass is 348 g/mol. The molecule has 0 aliphatic heterocycles. The van der Waals surface area contributed by atoms with Gasteiger partial charge in [0.1, 0.15) is 5.78 Å². The Balaban J connectivity index is 1.86. The lowest BCUT2D eigenvalue weighted by Crippen LogP contribution is -2.34. The number of hydrogen-bond acceptors (Lipinski definition) is 3. The van der Waals surface area contributed by atoms with Crippen LogP contribution in [0.25, 0.3) is 0 Å². The van der Waals surface area contributed by atoms with Crippen LogP contribution in [0.3, 0.4) is 0 Å². The molecular weight excluding hydrogens is 324 g/mol.